The Hall–Kier alpha value is -3.39. The number of nitriles is 2. The quantitative estimate of drug-likeness (QED) is 0.770. The summed E-state index contributed by atoms with van der Waals surface area (Å²) in [5.74, 6) is 0. The summed E-state index contributed by atoms with van der Waals surface area (Å²) < 4.78 is 7.10. The Morgan fingerprint density at radius 2 is 2.00 bits per heavy atom. The van der Waals surface area contributed by atoms with E-state index in [0.717, 1.165) is 22.2 Å². The van der Waals surface area contributed by atoms with Gasteiger partial charge in [-0.15, -0.1) is 0 Å². The summed E-state index contributed by atoms with van der Waals surface area (Å²) in [6, 6.07) is 11.7. The number of fused-ring (bicyclic) bond motifs is 1. The van der Waals surface area contributed by atoms with E-state index in [0.29, 0.717) is 43.1 Å². The lowest BCUT2D eigenvalue weighted by Crippen LogP contribution is -2.36. The van der Waals surface area contributed by atoms with Crippen LogP contribution in [0, 0.1) is 22.7 Å². The van der Waals surface area contributed by atoms with Gasteiger partial charge in [-0.2, -0.15) is 10.5 Å². The van der Waals surface area contributed by atoms with Crippen LogP contribution in [0.4, 0.5) is 5.69 Å². The standard InChI is InChI=1S/C20H17N5O2/c21-9-14-2-1-3-15(8-14)17-12-25(13-26)20-18(17)19(16(10-22)11-23-20)24-4-6-27-7-5-24/h1-3,8,11-12,26H,4-7,13H2. The smallest absolute Gasteiger partial charge is 0.144 e. The lowest BCUT2D eigenvalue weighted by Gasteiger charge is -2.30. The van der Waals surface area contributed by atoms with Gasteiger partial charge in [-0.1, -0.05) is 12.1 Å². The van der Waals surface area contributed by atoms with Crippen molar-refractivity contribution in [3.8, 4) is 23.3 Å². The predicted octanol–water partition coefficient (Wildman–Crippen LogP) is 2.23. The number of pyridine rings is 1. The minimum atomic E-state index is -0.226. The van der Waals surface area contributed by atoms with Gasteiger partial charge in [0, 0.05) is 31.0 Å². The topological polar surface area (TPSA) is 98.1 Å². The number of morpholine rings is 1. The number of nitrogens with zero attached hydrogens (tertiary/aromatic N) is 5. The van der Waals surface area contributed by atoms with Crippen molar-refractivity contribution < 1.29 is 9.84 Å². The van der Waals surface area contributed by atoms with E-state index in [9.17, 15) is 15.6 Å². The van der Waals surface area contributed by atoms with E-state index < -0.39 is 0 Å². The zero-order valence-corrected chi connectivity index (χ0v) is 14.6. The maximum atomic E-state index is 9.80. The molecule has 0 bridgehead atoms. The first-order valence-electron chi connectivity index (χ1n) is 8.63. The molecule has 7 heteroatoms. The van der Waals surface area contributed by atoms with E-state index in [1.54, 1.807) is 22.9 Å². The molecule has 0 saturated carbocycles. The van der Waals surface area contributed by atoms with Crippen molar-refractivity contribution in [3.63, 3.8) is 0 Å². The van der Waals surface area contributed by atoms with E-state index in [4.69, 9.17) is 4.74 Å². The van der Waals surface area contributed by atoms with Gasteiger partial charge in [0.15, 0.2) is 0 Å². The van der Waals surface area contributed by atoms with Crippen molar-refractivity contribution in [1.29, 1.82) is 10.5 Å². The van der Waals surface area contributed by atoms with Gasteiger partial charge in [0.25, 0.3) is 0 Å². The van der Waals surface area contributed by atoms with Crippen LogP contribution in [0.5, 0.6) is 0 Å². The lowest BCUT2D eigenvalue weighted by atomic mass is 10.0. The number of benzene rings is 1. The molecule has 2 aromatic heterocycles. The Morgan fingerprint density at radius 3 is 2.70 bits per heavy atom. The highest BCUT2D eigenvalue weighted by atomic mass is 16.5. The number of aliphatic hydroxyl groups is 1. The second-order valence-corrected chi connectivity index (χ2v) is 6.28. The van der Waals surface area contributed by atoms with Crippen LogP contribution < -0.4 is 4.90 Å². The number of hydrogen-bond donors (Lipinski definition) is 1. The minimum absolute atomic E-state index is 0.226. The fourth-order valence-electron chi connectivity index (χ4n) is 3.52. The summed E-state index contributed by atoms with van der Waals surface area (Å²) in [5.41, 5.74) is 4.12. The fraction of sp³-hybridized carbons (Fsp3) is 0.250. The minimum Gasteiger partial charge on any atom is -0.378 e. The predicted molar refractivity (Wildman–Crippen MR) is 99.8 cm³/mol. The van der Waals surface area contributed by atoms with Crippen LogP contribution in [0.3, 0.4) is 0 Å². The molecule has 3 heterocycles. The Bertz CT molecular complexity index is 1080. The average molecular weight is 359 g/mol. The molecule has 7 nitrogen and oxygen atoms in total. The Morgan fingerprint density at radius 1 is 1.19 bits per heavy atom. The summed E-state index contributed by atoms with van der Waals surface area (Å²) in [4.78, 5) is 6.55. The molecule has 1 N–H and O–H groups in total. The second-order valence-electron chi connectivity index (χ2n) is 6.28. The summed E-state index contributed by atoms with van der Waals surface area (Å²) in [6.45, 7) is 2.31. The number of aliphatic hydroxyl groups excluding tert-OH is 1. The maximum Gasteiger partial charge on any atom is 0.144 e. The van der Waals surface area contributed by atoms with Crippen LogP contribution in [0.1, 0.15) is 11.1 Å². The first-order valence-corrected chi connectivity index (χ1v) is 8.63. The molecule has 1 aromatic carbocycles. The van der Waals surface area contributed by atoms with Crippen molar-refractivity contribution >= 4 is 16.7 Å². The van der Waals surface area contributed by atoms with Gasteiger partial charge in [0.1, 0.15) is 18.4 Å². The van der Waals surface area contributed by atoms with Crippen LogP contribution in [0.25, 0.3) is 22.2 Å². The van der Waals surface area contributed by atoms with Crippen LogP contribution in [0.15, 0.2) is 36.7 Å². The third kappa shape index (κ3) is 2.89. The first kappa shape index (κ1) is 17.0. The number of aromatic nitrogens is 2. The zero-order valence-electron chi connectivity index (χ0n) is 14.6. The molecule has 0 spiro atoms. The Kier molecular flexibility index (Phi) is 4.47. The van der Waals surface area contributed by atoms with Crippen molar-refractivity contribution in [3.05, 3.63) is 47.8 Å². The fourth-order valence-corrected chi connectivity index (χ4v) is 3.52. The molecule has 0 unspecified atom stereocenters. The number of ether oxygens (including phenoxy) is 1. The molecule has 3 aromatic rings. The van der Waals surface area contributed by atoms with Gasteiger partial charge >= 0.3 is 0 Å². The van der Waals surface area contributed by atoms with Crippen LogP contribution in [-0.4, -0.2) is 41.0 Å². The van der Waals surface area contributed by atoms with Crippen LogP contribution in [-0.2, 0) is 11.5 Å². The third-order valence-corrected chi connectivity index (χ3v) is 4.76. The highest BCUT2D eigenvalue weighted by molar-refractivity contribution is 6.05. The molecule has 134 valence electrons. The largest absolute Gasteiger partial charge is 0.378 e. The number of hydrogen-bond acceptors (Lipinski definition) is 6. The van der Waals surface area contributed by atoms with Crippen molar-refractivity contribution in [1.82, 2.24) is 9.55 Å². The highest BCUT2D eigenvalue weighted by Gasteiger charge is 2.23. The SMILES string of the molecule is N#Cc1cccc(-c2cn(CO)c3ncc(C#N)c(N4CCOCC4)c23)c1. The second kappa shape index (κ2) is 7.08. The third-order valence-electron chi connectivity index (χ3n) is 4.76. The van der Waals surface area contributed by atoms with Crippen LogP contribution >= 0.6 is 0 Å². The van der Waals surface area contributed by atoms with E-state index in [2.05, 4.69) is 22.0 Å². The van der Waals surface area contributed by atoms with Crippen LogP contribution in [0.2, 0.25) is 0 Å². The van der Waals surface area contributed by atoms with Gasteiger partial charge in [-0.05, 0) is 17.7 Å². The number of rotatable bonds is 3. The van der Waals surface area contributed by atoms with E-state index in [-0.39, 0.29) is 6.73 Å². The highest BCUT2D eigenvalue weighted by Crippen LogP contribution is 2.39. The average Bonchev–Trinajstić information content (AvgIpc) is 3.12. The van der Waals surface area contributed by atoms with Gasteiger partial charge in [-0.3, -0.25) is 0 Å². The summed E-state index contributed by atoms with van der Waals surface area (Å²) in [5, 5.41) is 29.5. The van der Waals surface area contributed by atoms with E-state index in [1.807, 2.05) is 18.3 Å². The van der Waals surface area contributed by atoms with Gasteiger partial charge < -0.3 is 19.3 Å². The van der Waals surface area contributed by atoms with Crippen molar-refractivity contribution in [2.45, 2.75) is 6.73 Å². The van der Waals surface area contributed by atoms with Gasteiger partial charge in [0.05, 0.1) is 41.5 Å². The molecular formula is C20H17N5O2. The molecule has 0 radical (unpaired) electrons. The first-order chi connectivity index (χ1) is 13.3. The Labute approximate surface area is 156 Å². The normalized spacial score (nSPS) is 14.1. The molecule has 4 rings (SSSR count). The van der Waals surface area contributed by atoms with E-state index in [1.165, 1.54) is 0 Å². The van der Waals surface area contributed by atoms with E-state index >= 15 is 0 Å². The molecule has 1 aliphatic heterocycles. The molecule has 0 amide bonds. The summed E-state index contributed by atoms with van der Waals surface area (Å²) >= 11 is 0. The molecular weight excluding hydrogens is 342 g/mol. The molecule has 27 heavy (non-hydrogen) atoms. The monoisotopic (exact) mass is 359 g/mol. The molecule has 0 aliphatic carbocycles. The summed E-state index contributed by atoms with van der Waals surface area (Å²) in [7, 11) is 0. The summed E-state index contributed by atoms with van der Waals surface area (Å²) in [6.07, 6.45) is 3.37. The lowest BCUT2D eigenvalue weighted by molar-refractivity contribution is 0.123. The van der Waals surface area contributed by atoms with Crippen molar-refractivity contribution in [2.24, 2.45) is 0 Å². The molecule has 0 atom stereocenters. The Balaban J connectivity index is 2.04. The molecule has 1 fully saturated rings. The van der Waals surface area contributed by atoms with Gasteiger partial charge in [0.2, 0.25) is 0 Å². The van der Waals surface area contributed by atoms with Gasteiger partial charge in [-0.25, -0.2) is 4.98 Å². The molecule has 1 saturated heterocycles. The number of anilines is 1. The van der Waals surface area contributed by atoms with Crippen molar-refractivity contribution in [2.75, 3.05) is 31.2 Å². The maximum absolute atomic E-state index is 9.80. The zero-order chi connectivity index (χ0) is 18.8. The molecule has 1 aliphatic rings.